The van der Waals surface area contributed by atoms with Gasteiger partial charge >= 0.3 is 5.97 Å². The normalized spacial score (nSPS) is 10.6. The van der Waals surface area contributed by atoms with E-state index in [1.54, 1.807) is 30.3 Å². The van der Waals surface area contributed by atoms with E-state index in [-0.39, 0.29) is 23.2 Å². The zero-order valence-corrected chi connectivity index (χ0v) is 14.7. The monoisotopic (exact) mass is 368 g/mol. The van der Waals surface area contributed by atoms with Gasteiger partial charge in [0.05, 0.1) is 36.6 Å². The molecule has 3 aromatic rings. The van der Waals surface area contributed by atoms with Crippen molar-refractivity contribution in [2.24, 2.45) is 0 Å². The summed E-state index contributed by atoms with van der Waals surface area (Å²) >= 11 is 0. The fraction of sp³-hybridized carbons (Fsp3) is 0.158. The number of nitro benzene ring substituents is 1. The van der Waals surface area contributed by atoms with Crippen LogP contribution < -0.4 is 10.3 Å². The van der Waals surface area contributed by atoms with Crippen molar-refractivity contribution in [2.45, 2.75) is 6.54 Å². The molecule has 0 aliphatic rings. The molecule has 2 aromatic carbocycles. The summed E-state index contributed by atoms with van der Waals surface area (Å²) < 4.78 is 11.2. The summed E-state index contributed by atoms with van der Waals surface area (Å²) in [4.78, 5) is 35.8. The van der Waals surface area contributed by atoms with E-state index >= 15 is 0 Å². The van der Waals surface area contributed by atoms with E-state index in [1.807, 2.05) is 0 Å². The number of nitrogens with zero attached hydrogens (tertiary/aromatic N) is 2. The van der Waals surface area contributed by atoms with Gasteiger partial charge in [0.1, 0.15) is 11.3 Å². The molecule has 0 bridgehead atoms. The minimum Gasteiger partial charge on any atom is -0.497 e. The third-order valence-corrected chi connectivity index (χ3v) is 4.19. The summed E-state index contributed by atoms with van der Waals surface area (Å²) in [6.45, 7) is 0.110. The number of rotatable bonds is 5. The van der Waals surface area contributed by atoms with Crippen LogP contribution in [0.5, 0.6) is 5.75 Å². The Morgan fingerprint density at radius 2 is 1.89 bits per heavy atom. The zero-order valence-electron chi connectivity index (χ0n) is 14.7. The van der Waals surface area contributed by atoms with Crippen LogP contribution in [0, 0.1) is 10.1 Å². The van der Waals surface area contributed by atoms with E-state index in [1.165, 1.54) is 29.9 Å². The van der Waals surface area contributed by atoms with Gasteiger partial charge in [-0.2, -0.15) is 0 Å². The van der Waals surface area contributed by atoms with E-state index in [0.29, 0.717) is 11.3 Å². The Morgan fingerprint density at radius 3 is 2.56 bits per heavy atom. The number of benzene rings is 2. The molecule has 0 atom stereocenters. The van der Waals surface area contributed by atoms with Gasteiger partial charge in [-0.3, -0.25) is 14.9 Å². The first-order valence-corrected chi connectivity index (χ1v) is 7.98. The van der Waals surface area contributed by atoms with E-state index in [0.717, 1.165) is 12.7 Å². The van der Waals surface area contributed by atoms with Gasteiger partial charge in [-0.05, 0) is 29.8 Å². The molecule has 1 heterocycles. The fourth-order valence-corrected chi connectivity index (χ4v) is 2.91. The summed E-state index contributed by atoms with van der Waals surface area (Å²) in [5, 5.41) is 11.6. The number of hydrogen-bond donors (Lipinski definition) is 0. The number of carbonyl (C=O) groups is 1. The zero-order chi connectivity index (χ0) is 19.6. The van der Waals surface area contributed by atoms with E-state index in [4.69, 9.17) is 4.74 Å². The van der Waals surface area contributed by atoms with Crippen molar-refractivity contribution in [2.75, 3.05) is 14.2 Å². The van der Waals surface area contributed by atoms with E-state index < -0.39 is 16.5 Å². The lowest BCUT2D eigenvalue weighted by molar-refractivity contribution is -0.383. The van der Waals surface area contributed by atoms with E-state index in [9.17, 15) is 19.7 Å². The molecule has 0 radical (unpaired) electrons. The second-order valence-corrected chi connectivity index (χ2v) is 5.76. The third kappa shape index (κ3) is 3.37. The highest BCUT2D eigenvalue weighted by Crippen LogP contribution is 2.26. The van der Waals surface area contributed by atoms with Gasteiger partial charge in [-0.15, -0.1) is 0 Å². The van der Waals surface area contributed by atoms with Crippen molar-refractivity contribution in [1.82, 2.24) is 4.57 Å². The molecule has 8 nitrogen and oxygen atoms in total. The molecule has 8 heteroatoms. The first-order chi connectivity index (χ1) is 13.0. The molecule has 0 N–H and O–H groups in total. The highest BCUT2D eigenvalue weighted by Gasteiger charge is 2.21. The van der Waals surface area contributed by atoms with Crippen molar-refractivity contribution in [3.63, 3.8) is 0 Å². The molecule has 138 valence electrons. The van der Waals surface area contributed by atoms with Crippen LogP contribution in [-0.2, 0) is 11.3 Å². The predicted molar refractivity (Wildman–Crippen MR) is 98.3 cm³/mol. The molecular formula is C19H16N2O6. The lowest BCUT2D eigenvalue weighted by Gasteiger charge is -2.13. The van der Waals surface area contributed by atoms with Crippen LogP contribution in [0.15, 0.2) is 53.3 Å². The summed E-state index contributed by atoms with van der Waals surface area (Å²) in [7, 11) is 2.68. The Hall–Kier alpha value is -3.68. The Bertz CT molecular complexity index is 1100. The summed E-state index contributed by atoms with van der Waals surface area (Å²) in [5.74, 6) is -0.237. The van der Waals surface area contributed by atoms with Crippen LogP contribution in [-0.4, -0.2) is 29.7 Å². The lowest BCUT2D eigenvalue weighted by Crippen LogP contribution is -2.28. The Labute approximate surface area is 153 Å². The molecule has 0 saturated carbocycles. The average molecular weight is 368 g/mol. The molecule has 0 spiro atoms. The van der Waals surface area contributed by atoms with Crippen LogP contribution >= 0.6 is 0 Å². The molecule has 3 rings (SSSR count). The van der Waals surface area contributed by atoms with Crippen molar-refractivity contribution in [3.8, 4) is 5.75 Å². The molecule has 0 aliphatic carbocycles. The fourth-order valence-electron chi connectivity index (χ4n) is 2.91. The van der Waals surface area contributed by atoms with Gasteiger partial charge in [-0.25, -0.2) is 4.79 Å². The van der Waals surface area contributed by atoms with Gasteiger partial charge in [-0.1, -0.05) is 18.2 Å². The topological polar surface area (TPSA) is 101 Å². The minimum atomic E-state index is -0.848. The van der Waals surface area contributed by atoms with Crippen molar-refractivity contribution in [3.05, 3.63) is 80.1 Å². The van der Waals surface area contributed by atoms with Gasteiger partial charge in [0.2, 0.25) is 0 Å². The molecule has 0 fully saturated rings. The van der Waals surface area contributed by atoms with Crippen LogP contribution in [0.2, 0.25) is 0 Å². The number of aromatic nitrogens is 1. The highest BCUT2D eigenvalue weighted by molar-refractivity contribution is 5.96. The summed E-state index contributed by atoms with van der Waals surface area (Å²) in [6.07, 6.45) is 0. The number of pyridine rings is 1. The van der Waals surface area contributed by atoms with Crippen LogP contribution in [0.25, 0.3) is 10.9 Å². The number of fused-ring (bicyclic) bond motifs is 1. The Kier molecular flexibility index (Phi) is 4.89. The molecule has 27 heavy (non-hydrogen) atoms. The Balaban J connectivity index is 2.30. The SMILES string of the molecule is COC(=O)c1cc2c([N+](=O)[O-])cccc2n(Cc2cccc(OC)c2)c1=O. The standard InChI is InChI=1S/C19H16N2O6/c1-26-13-6-3-5-12(9-13)11-20-16-7-4-8-17(21(24)25)14(16)10-15(18(20)22)19(23)27-2/h3-10H,11H2,1-2H3. The maximum Gasteiger partial charge on any atom is 0.343 e. The Morgan fingerprint density at radius 1 is 1.15 bits per heavy atom. The lowest BCUT2D eigenvalue weighted by atomic mass is 10.1. The first-order valence-electron chi connectivity index (χ1n) is 7.98. The second kappa shape index (κ2) is 7.28. The number of esters is 1. The van der Waals surface area contributed by atoms with Crippen molar-refractivity contribution < 1.29 is 19.2 Å². The molecular weight excluding hydrogens is 352 g/mol. The van der Waals surface area contributed by atoms with Gasteiger partial charge in [0.25, 0.3) is 11.2 Å². The van der Waals surface area contributed by atoms with Crippen LogP contribution in [0.4, 0.5) is 5.69 Å². The molecule has 1 aromatic heterocycles. The van der Waals surface area contributed by atoms with Crippen molar-refractivity contribution in [1.29, 1.82) is 0 Å². The van der Waals surface area contributed by atoms with Crippen LogP contribution in [0.1, 0.15) is 15.9 Å². The highest BCUT2D eigenvalue weighted by atomic mass is 16.6. The second-order valence-electron chi connectivity index (χ2n) is 5.76. The number of ether oxygens (including phenoxy) is 2. The first kappa shape index (κ1) is 18.1. The van der Waals surface area contributed by atoms with Crippen molar-refractivity contribution >= 4 is 22.6 Å². The quantitative estimate of drug-likeness (QED) is 0.390. The molecule has 0 unspecified atom stereocenters. The number of methoxy groups -OCH3 is 2. The number of nitro groups is 1. The predicted octanol–water partition coefficient (Wildman–Crippen LogP) is 2.75. The average Bonchev–Trinajstić information content (AvgIpc) is 2.68. The van der Waals surface area contributed by atoms with E-state index in [2.05, 4.69) is 4.74 Å². The minimum absolute atomic E-state index is 0.110. The van der Waals surface area contributed by atoms with Gasteiger partial charge in [0.15, 0.2) is 0 Å². The molecule has 0 aliphatic heterocycles. The molecule has 0 saturated heterocycles. The molecule has 0 amide bonds. The summed E-state index contributed by atoms with van der Waals surface area (Å²) in [5.41, 5.74) is 0.0489. The maximum atomic E-state index is 12.9. The number of non-ortho nitro benzene ring substituents is 1. The van der Waals surface area contributed by atoms with Gasteiger partial charge in [0, 0.05) is 6.07 Å². The van der Waals surface area contributed by atoms with Gasteiger partial charge < -0.3 is 14.0 Å². The number of carbonyl (C=O) groups excluding carboxylic acids is 1. The largest absolute Gasteiger partial charge is 0.497 e. The smallest absolute Gasteiger partial charge is 0.343 e. The summed E-state index contributed by atoms with van der Waals surface area (Å²) in [6, 6.07) is 12.7. The maximum absolute atomic E-state index is 12.9. The number of hydrogen-bond acceptors (Lipinski definition) is 6. The van der Waals surface area contributed by atoms with Crippen LogP contribution in [0.3, 0.4) is 0 Å². The third-order valence-electron chi connectivity index (χ3n) is 4.19.